The van der Waals surface area contributed by atoms with Crippen molar-refractivity contribution in [1.82, 2.24) is 15.0 Å². The van der Waals surface area contributed by atoms with Crippen LogP contribution in [0.4, 0.5) is 11.9 Å². The van der Waals surface area contributed by atoms with Crippen LogP contribution in [0.5, 0.6) is 6.01 Å². The molecule has 9 nitrogen and oxygen atoms in total. The van der Waals surface area contributed by atoms with E-state index in [4.69, 9.17) is 19.9 Å². The Morgan fingerprint density at radius 3 is 2.19 bits per heavy atom. The zero-order valence-electron chi connectivity index (χ0n) is 17.1. The minimum atomic E-state index is 0.316. The van der Waals surface area contributed by atoms with E-state index in [9.17, 15) is 0 Å². The van der Waals surface area contributed by atoms with Gasteiger partial charge in [-0.1, -0.05) is 26.7 Å². The van der Waals surface area contributed by atoms with Crippen molar-refractivity contribution < 1.29 is 14.2 Å². The first-order valence-corrected chi connectivity index (χ1v) is 9.89. The van der Waals surface area contributed by atoms with Crippen molar-refractivity contribution in [3.8, 4) is 6.01 Å². The van der Waals surface area contributed by atoms with Crippen LogP contribution in [-0.2, 0) is 9.47 Å². The zero-order valence-corrected chi connectivity index (χ0v) is 17.1. The SMILES string of the molecule is CCCCN(CCCC)c1nc(NCCOCCOCCN)nc(OC)n1. The van der Waals surface area contributed by atoms with Crippen LogP contribution in [0.1, 0.15) is 39.5 Å². The van der Waals surface area contributed by atoms with Crippen molar-refractivity contribution in [2.24, 2.45) is 5.73 Å². The maximum atomic E-state index is 5.50. The van der Waals surface area contributed by atoms with E-state index in [1.807, 2.05) is 0 Å². The van der Waals surface area contributed by atoms with Gasteiger partial charge in [-0.05, 0) is 12.8 Å². The molecule has 0 fully saturated rings. The number of nitrogens with zero attached hydrogens (tertiary/aromatic N) is 4. The molecule has 156 valence electrons. The fourth-order valence-corrected chi connectivity index (χ4v) is 2.31. The molecule has 27 heavy (non-hydrogen) atoms. The van der Waals surface area contributed by atoms with Crippen LogP contribution < -0.4 is 20.7 Å². The fraction of sp³-hybridized carbons (Fsp3) is 0.833. The summed E-state index contributed by atoms with van der Waals surface area (Å²) in [5, 5.41) is 3.17. The summed E-state index contributed by atoms with van der Waals surface area (Å²) in [4.78, 5) is 15.5. The molecule has 0 atom stereocenters. The summed E-state index contributed by atoms with van der Waals surface area (Å²) in [5.74, 6) is 1.15. The van der Waals surface area contributed by atoms with E-state index in [0.29, 0.717) is 57.4 Å². The molecule has 0 spiro atoms. The van der Waals surface area contributed by atoms with E-state index in [-0.39, 0.29) is 0 Å². The molecule has 1 aromatic heterocycles. The van der Waals surface area contributed by atoms with E-state index in [2.05, 4.69) is 39.0 Å². The van der Waals surface area contributed by atoms with Crippen molar-refractivity contribution in [2.75, 3.05) is 69.9 Å². The van der Waals surface area contributed by atoms with Gasteiger partial charge in [0.1, 0.15) is 0 Å². The van der Waals surface area contributed by atoms with E-state index in [1.54, 1.807) is 7.11 Å². The maximum Gasteiger partial charge on any atom is 0.322 e. The molecule has 0 radical (unpaired) electrons. The fourth-order valence-electron chi connectivity index (χ4n) is 2.31. The van der Waals surface area contributed by atoms with Crippen LogP contribution in [0.3, 0.4) is 0 Å². The molecule has 1 heterocycles. The van der Waals surface area contributed by atoms with Crippen LogP contribution >= 0.6 is 0 Å². The average Bonchev–Trinajstić information content (AvgIpc) is 2.69. The van der Waals surface area contributed by atoms with Gasteiger partial charge in [-0.3, -0.25) is 0 Å². The summed E-state index contributed by atoms with van der Waals surface area (Å²) < 4.78 is 16.0. The number of hydrogen-bond donors (Lipinski definition) is 2. The Morgan fingerprint density at radius 2 is 1.59 bits per heavy atom. The lowest BCUT2D eigenvalue weighted by atomic mass is 10.3. The molecule has 0 bridgehead atoms. The summed E-state index contributed by atoms with van der Waals surface area (Å²) in [6.45, 7) is 9.50. The number of anilines is 2. The molecule has 0 saturated carbocycles. The second kappa shape index (κ2) is 15.4. The largest absolute Gasteiger partial charge is 0.467 e. The highest BCUT2D eigenvalue weighted by Crippen LogP contribution is 2.16. The number of hydrogen-bond acceptors (Lipinski definition) is 9. The Kier molecular flexibility index (Phi) is 13.3. The van der Waals surface area contributed by atoms with Crippen LogP contribution in [0.25, 0.3) is 0 Å². The van der Waals surface area contributed by atoms with Crippen molar-refractivity contribution in [3.63, 3.8) is 0 Å². The number of unbranched alkanes of at least 4 members (excludes halogenated alkanes) is 2. The number of aromatic nitrogens is 3. The van der Waals surface area contributed by atoms with Crippen molar-refractivity contribution in [1.29, 1.82) is 0 Å². The van der Waals surface area contributed by atoms with E-state index in [0.717, 1.165) is 38.8 Å². The number of nitrogens with one attached hydrogen (secondary N) is 1. The molecule has 0 unspecified atom stereocenters. The molecular formula is C18H36N6O3. The topological polar surface area (TPSA) is 108 Å². The Labute approximate surface area is 163 Å². The Bertz CT molecular complexity index is 484. The van der Waals surface area contributed by atoms with Gasteiger partial charge < -0.3 is 30.2 Å². The summed E-state index contributed by atoms with van der Waals surface area (Å²) in [5.41, 5.74) is 5.36. The number of ether oxygens (including phenoxy) is 3. The predicted octanol–water partition coefficient (Wildman–Crippen LogP) is 1.69. The van der Waals surface area contributed by atoms with Gasteiger partial charge in [0.15, 0.2) is 0 Å². The third-order valence-corrected chi connectivity index (χ3v) is 3.80. The minimum absolute atomic E-state index is 0.316. The van der Waals surface area contributed by atoms with Gasteiger partial charge >= 0.3 is 6.01 Å². The summed E-state index contributed by atoms with van der Waals surface area (Å²) in [7, 11) is 1.57. The second-order valence-electron chi connectivity index (χ2n) is 6.08. The standard InChI is InChI=1S/C18H36N6O3/c1-4-6-10-24(11-7-5-2)17-21-16(22-18(23-17)25-3)20-9-13-27-15-14-26-12-8-19/h4-15,19H2,1-3H3,(H,20,21,22,23). The molecule has 1 rings (SSSR count). The predicted molar refractivity (Wildman–Crippen MR) is 108 cm³/mol. The van der Waals surface area contributed by atoms with E-state index >= 15 is 0 Å². The third-order valence-electron chi connectivity index (χ3n) is 3.80. The maximum absolute atomic E-state index is 5.50. The molecule has 0 saturated heterocycles. The molecule has 0 aliphatic rings. The summed E-state index contributed by atoms with van der Waals surface area (Å²) >= 11 is 0. The molecule has 0 aliphatic carbocycles. The van der Waals surface area contributed by atoms with Gasteiger partial charge in [0.05, 0.1) is 33.5 Å². The van der Waals surface area contributed by atoms with Gasteiger partial charge in [-0.25, -0.2) is 0 Å². The van der Waals surface area contributed by atoms with Gasteiger partial charge in [0, 0.05) is 26.2 Å². The average molecular weight is 385 g/mol. The normalized spacial score (nSPS) is 10.8. The smallest absolute Gasteiger partial charge is 0.322 e. The number of rotatable bonds is 17. The Hall–Kier alpha value is -1.71. The molecule has 0 amide bonds. The van der Waals surface area contributed by atoms with Crippen molar-refractivity contribution in [3.05, 3.63) is 0 Å². The summed E-state index contributed by atoms with van der Waals surface area (Å²) in [6.07, 6.45) is 4.45. The molecule has 1 aromatic rings. The highest BCUT2D eigenvalue weighted by molar-refractivity contribution is 5.38. The Morgan fingerprint density at radius 1 is 0.926 bits per heavy atom. The molecule has 0 aromatic carbocycles. The lowest BCUT2D eigenvalue weighted by Crippen LogP contribution is -2.28. The van der Waals surface area contributed by atoms with Crippen LogP contribution in [0.15, 0.2) is 0 Å². The zero-order chi connectivity index (χ0) is 19.7. The quantitative estimate of drug-likeness (QED) is 0.388. The third kappa shape index (κ3) is 10.3. The number of nitrogens with two attached hydrogens (primary N) is 1. The van der Waals surface area contributed by atoms with Crippen LogP contribution in [0, 0.1) is 0 Å². The van der Waals surface area contributed by atoms with Crippen LogP contribution in [-0.4, -0.2) is 74.7 Å². The van der Waals surface area contributed by atoms with Gasteiger partial charge in [0.2, 0.25) is 11.9 Å². The molecular weight excluding hydrogens is 348 g/mol. The van der Waals surface area contributed by atoms with Crippen molar-refractivity contribution in [2.45, 2.75) is 39.5 Å². The highest BCUT2D eigenvalue weighted by Gasteiger charge is 2.13. The number of methoxy groups -OCH3 is 1. The van der Waals surface area contributed by atoms with Gasteiger partial charge in [-0.2, -0.15) is 15.0 Å². The molecule has 9 heteroatoms. The summed E-state index contributed by atoms with van der Waals surface area (Å²) in [6, 6.07) is 0.316. The molecule has 3 N–H and O–H groups in total. The van der Waals surface area contributed by atoms with Crippen molar-refractivity contribution >= 4 is 11.9 Å². The van der Waals surface area contributed by atoms with Gasteiger partial charge in [-0.15, -0.1) is 0 Å². The van der Waals surface area contributed by atoms with Crippen LogP contribution in [0.2, 0.25) is 0 Å². The monoisotopic (exact) mass is 384 g/mol. The van der Waals surface area contributed by atoms with E-state index < -0.39 is 0 Å². The van der Waals surface area contributed by atoms with Gasteiger partial charge in [0.25, 0.3) is 0 Å². The second-order valence-corrected chi connectivity index (χ2v) is 6.08. The molecule has 0 aliphatic heterocycles. The first-order valence-electron chi connectivity index (χ1n) is 9.89. The lowest BCUT2D eigenvalue weighted by Gasteiger charge is -2.22. The first kappa shape index (κ1) is 23.3. The van der Waals surface area contributed by atoms with E-state index in [1.165, 1.54) is 0 Å². The Balaban J connectivity index is 2.57. The lowest BCUT2D eigenvalue weighted by molar-refractivity contribution is 0.0547. The first-order chi connectivity index (χ1) is 13.2. The highest BCUT2D eigenvalue weighted by atomic mass is 16.5. The minimum Gasteiger partial charge on any atom is -0.467 e.